The van der Waals surface area contributed by atoms with E-state index in [1.807, 2.05) is 0 Å². The Hall–Kier alpha value is -3.38. The molecular formula is C23H24Cl2N4O7. The van der Waals surface area contributed by atoms with Crippen LogP contribution in [0.2, 0.25) is 10.0 Å². The summed E-state index contributed by atoms with van der Waals surface area (Å²) in [5, 5.41) is 29.1. The first-order chi connectivity index (χ1) is 17.1. The van der Waals surface area contributed by atoms with Gasteiger partial charge in [0, 0.05) is 25.7 Å². The normalized spacial score (nSPS) is 18.1. The lowest BCUT2D eigenvalue weighted by atomic mass is 10.1. The summed E-state index contributed by atoms with van der Waals surface area (Å²) in [6.07, 6.45) is 3.81. The number of carboxylic acids is 1. The number of furan rings is 1. The van der Waals surface area contributed by atoms with Crippen LogP contribution >= 0.6 is 23.2 Å². The highest BCUT2D eigenvalue weighted by Crippen LogP contribution is 2.27. The van der Waals surface area contributed by atoms with Crippen molar-refractivity contribution in [3.63, 3.8) is 0 Å². The lowest BCUT2D eigenvalue weighted by molar-refractivity contribution is -0.139. The van der Waals surface area contributed by atoms with E-state index in [4.69, 9.17) is 27.6 Å². The Morgan fingerprint density at radius 1 is 1.19 bits per heavy atom. The van der Waals surface area contributed by atoms with Crippen molar-refractivity contribution in [1.29, 1.82) is 0 Å². The van der Waals surface area contributed by atoms with Crippen LogP contribution in [0.25, 0.3) is 6.08 Å². The summed E-state index contributed by atoms with van der Waals surface area (Å²) >= 11 is 12.5. The fourth-order valence-electron chi connectivity index (χ4n) is 3.41. The van der Waals surface area contributed by atoms with Crippen molar-refractivity contribution in [2.24, 2.45) is 0 Å². The maximum atomic E-state index is 12.7. The predicted octanol–water partition coefficient (Wildman–Crippen LogP) is 0.938. The quantitative estimate of drug-likeness (QED) is 0.242. The van der Waals surface area contributed by atoms with Crippen LogP contribution in [0.15, 0.2) is 41.0 Å². The first kappa shape index (κ1) is 27.2. The highest BCUT2D eigenvalue weighted by Gasteiger charge is 2.30. The van der Waals surface area contributed by atoms with Crippen molar-refractivity contribution in [3.8, 4) is 0 Å². The number of rotatable bonds is 10. The number of aliphatic hydroxyl groups excluding tert-OH is 1. The molecular weight excluding hydrogens is 515 g/mol. The molecule has 11 nitrogen and oxygen atoms in total. The molecule has 13 heteroatoms. The number of carbonyl (C=O) groups is 4. The van der Waals surface area contributed by atoms with Gasteiger partial charge >= 0.3 is 5.97 Å². The molecule has 36 heavy (non-hydrogen) atoms. The van der Waals surface area contributed by atoms with Crippen molar-refractivity contribution >= 4 is 53.0 Å². The van der Waals surface area contributed by atoms with E-state index in [1.165, 1.54) is 30.5 Å². The molecule has 2 heterocycles. The van der Waals surface area contributed by atoms with Gasteiger partial charge in [-0.15, -0.1) is 0 Å². The van der Waals surface area contributed by atoms with E-state index in [-0.39, 0.29) is 41.7 Å². The Morgan fingerprint density at radius 2 is 1.92 bits per heavy atom. The number of amides is 3. The van der Waals surface area contributed by atoms with Crippen molar-refractivity contribution in [3.05, 3.63) is 63.5 Å². The van der Waals surface area contributed by atoms with Crippen molar-refractivity contribution in [2.75, 3.05) is 13.1 Å². The molecule has 0 radical (unpaired) electrons. The zero-order valence-electron chi connectivity index (χ0n) is 18.8. The third-order valence-corrected chi connectivity index (χ3v) is 5.84. The van der Waals surface area contributed by atoms with E-state index >= 15 is 0 Å². The Kier molecular flexibility index (Phi) is 9.48. The van der Waals surface area contributed by atoms with Crippen LogP contribution in [0.3, 0.4) is 0 Å². The number of hydrogen-bond acceptors (Lipinski definition) is 7. The van der Waals surface area contributed by atoms with Crippen LogP contribution < -0.4 is 21.3 Å². The van der Waals surface area contributed by atoms with Crippen LogP contribution in [-0.2, 0) is 20.9 Å². The van der Waals surface area contributed by atoms with Crippen LogP contribution in [0, 0.1) is 0 Å². The van der Waals surface area contributed by atoms with Gasteiger partial charge < -0.3 is 35.9 Å². The predicted molar refractivity (Wildman–Crippen MR) is 130 cm³/mol. The molecule has 2 aromatic rings. The Bertz CT molecular complexity index is 1130. The zero-order valence-corrected chi connectivity index (χ0v) is 20.3. The van der Waals surface area contributed by atoms with Crippen LogP contribution in [0.4, 0.5) is 0 Å². The first-order valence-corrected chi connectivity index (χ1v) is 11.6. The Labute approximate surface area is 215 Å². The van der Waals surface area contributed by atoms with Gasteiger partial charge in [0.1, 0.15) is 11.8 Å². The van der Waals surface area contributed by atoms with E-state index in [9.17, 15) is 29.4 Å². The van der Waals surface area contributed by atoms with Crippen molar-refractivity contribution in [1.82, 2.24) is 21.3 Å². The van der Waals surface area contributed by atoms with Gasteiger partial charge in [0.05, 0.1) is 34.0 Å². The molecule has 3 amide bonds. The third kappa shape index (κ3) is 7.56. The smallest absolute Gasteiger partial charge is 0.328 e. The molecule has 192 valence electrons. The minimum atomic E-state index is -1.46. The van der Waals surface area contributed by atoms with Gasteiger partial charge in [-0.1, -0.05) is 23.2 Å². The van der Waals surface area contributed by atoms with Gasteiger partial charge in [-0.25, -0.2) is 4.79 Å². The summed E-state index contributed by atoms with van der Waals surface area (Å²) in [4.78, 5) is 48.5. The highest BCUT2D eigenvalue weighted by molar-refractivity contribution is 6.39. The number of β-amino-alcohol motifs (C(OH)–C–C–N with tert-alkyl or cyclic N) is 1. The number of aliphatic hydroxyl groups is 1. The summed E-state index contributed by atoms with van der Waals surface area (Å²) < 4.78 is 5.10. The molecule has 1 aromatic heterocycles. The number of halogens is 2. The molecule has 3 rings (SSSR count). The van der Waals surface area contributed by atoms with Crippen LogP contribution in [0.1, 0.15) is 28.1 Å². The Balaban J connectivity index is 1.57. The van der Waals surface area contributed by atoms with Crippen molar-refractivity contribution < 1.29 is 33.8 Å². The minimum absolute atomic E-state index is 0.0484. The summed E-state index contributed by atoms with van der Waals surface area (Å²) in [6.45, 7) is -0.0646. The largest absolute Gasteiger partial charge is 0.480 e. The molecule has 1 aliphatic rings. The number of carboxylic acid groups (broad SMARTS) is 1. The third-order valence-electron chi connectivity index (χ3n) is 5.25. The van der Waals surface area contributed by atoms with Gasteiger partial charge in [-0.2, -0.15) is 0 Å². The second-order valence-electron chi connectivity index (χ2n) is 7.96. The number of aliphatic carboxylic acids is 1. The van der Waals surface area contributed by atoms with Crippen LogP contribution in [0.5, 0.6) is 0 Å². The molecule has 0 unspecified atom stereocenters. The SMILES string of the molecule is O=C(/C=C/c1ccco1)NCc1cc(Cl)c(C(=O)N[C@@H](CNC(=O)[C@@H]2C[C@@H](O)CN2)C(=O)O)c(Cl)c1. The summed E-state index contributed by atoms with van der Waals surface area (Å²) in [5.74, 6) is -2.60. The van der Waals surface area contributed by atoms with E-state index in [0.29, 0.717) is 11.3 Å². The minimum Gasteiger partial charge on any atom is -0.480 e. The molecule has 0 saturated carbocycles. The summed E-state index contributed by atoms with van der Waals surface area (Å²) in [5.41, 5.74) is 0.360. The van der Waals surface area contributed by atoms with E-state index in [0.717, 1.165) is 0 Å². The number of carbonyl (C=O) groups excluding carboxylic acids is 3. The zero-order chi connectivity index (χ0) is 26.2. The molecule has 3 atom stereocenters. The standard InChI is InChI=1S/C23H24Cl2N4O7/c24-15-6-12(9-27-19(31)4-3-14-2-1-5-36-14)7-16(25)20(15)22(33)29-18(23(34)35)11-28-21(32)17-8-13(30)10-26-17/h1-7,13,17-18,26,30H,8-11H2,(H,27,31)(H,28,32)(H,29,33)(H,34,35)/b4-3+/t13-,17+,18+/m1/s1. The number of nitrogens with one attached hydrogen (secondary N) is 4. The summed E-state index contributed by atoms with van der Waals surface area (Å²) in [6, 6.07) is 4.12. The van der Waals surface area contributed by atoms with Gasteiger partial charge in [0.2, 0.25) is 11.8 Å². The maximum Gasteiger partial charge on any atom is 0.328 e. The van der Waals surface area contributed by atoms with Gasteiger partial charge in [-0.3, -0.25) is 14.4 Å². The molecule has 0 aliphatic carbocycles. The molecule has 0 bridgehead atoms. The lowest BCUT2D eigenvalue weighted by Crippen LogP contribution is -2.51. The maximum absolute atomic E-state index is 12.7. The number of hydrogen-bond donors (Lipinski definition) is 6. The fourth-order valence-corrected chi connectivity index (χ4v) is 4.11. The second kappa shape index (κ2) is 12.5. The second-order valence-corrected chi connectivity index (χ2v) is 8.78. The molecule has 0 spiro atoms. The van der Waals surface area contributed by atoms with Gasteiger partial charge in [0.25, 0.3) is 5.91 Å². The molecule has 6 N–H and O–H groups in total. The monoisotopic (exact) mass is 538 g/mol. The highest BCUT2D eigenvalue weighted by atomic mass is 35.5. The van der Waals surface area contributed by atoms with Crippen LogP contribution in [-0.4, -0.2) is 65.2 Å². The first-order valence-electron chi connectivity index (χ1n) is 10.8. The average Bonchev–Trinajstić information content (AvgIpc) is 3.50. The number of benzene rings is 1. The molecule has 1 aliphatic heterocycles. The average molecular weight is 539 g/mol. The molecule has 1 saturated heterocycles. The van der Waals surface area contributed by atoms with E-state index < -0.39 is 41.9 Å². The van der Waals surface area contributed by atoms with Crippen molar-refractivity contribution in [2.45, 2.75) is 31.2 Å². The fraction of sp³-hybridized carbons (Fsp3) is 0.304. The van der Waals surface area contributed by atoms with Gasteiger partial charge in [0.15, 0.2) is 0 Å². The van der Waals surface area contributed by atoms with E-state index in [2.05, 4.69) is 21.3 Å². The lowest BCUT2D eigenvalue weighted by Gasteiger charge is -2.18. The summed E-state index contributed by atoms with van der Waals surface area (Å²) in [7, 11) is 0. The van der Waals surface area contributed by atoms with E-state index in [1.54, 1.807) is 12.1 Å². The molecule has 1 fully saturated rings. The topological polar surface area (TPSA) is 170 Å². The molecule has 1 aromatic carbocycles. The Morgan fingerprint density at radius 3 is 2.50 bits per heavy atom. The van der Waals surface area contributed by atoms with Gasteiger partial charge in [-0.05, 0) is 42.3 Å².